The third kappa shape index (κ3) is 8.36. The molecule has 186 valence electrons. The summed E-state index contributed by atoms with van der Waals surface area (Å²) in [4.78, 5) is 9.35. The monoisotopic (exact) mass is 460 g/mol. The quantitative estimate of drug-likeness (QED) is 0.195. The van der Waals surface area contributed by atoms with Gasteiger partial charge in [-0.2, -0.15) is 0 Å². The zero-order valence-corrected chi connectivity index (χ0v) is 22.0. The SMILES string of the molecule is C=CCC(c1ccc(-c2ncc(CCCCCCC)cn2)cc1)[C@H]1CC[C@H](CCCCC)CC1. The zero-order valence-electron chi connectivity index (χ0n) is 22.0. The van der Waals surface area contributed by atoms with Gasteiger partial charge in [-0.1, -0.05) is 108 Å². The minimum absolute atomic E-state index is 0.596. The second-order valence-corrected chi connectivity index (χ2v) is 10.6. The van der Waals surface area contributed by atoms with Gasteiger partial charge in [0.15, 0.2) is 5.82 Å². The Bertz CT molecular complexity index is 800. The average Bonchev–Trinajstić information content (AvgIpc) is 2.88. The molecule has 1 fully saturated rings. The second-order valence-electron chi connectivity index (χ2n) is 10.6. The number of unbranched alkanes of at least 4 members (excludes halogenated alkanes) is 6. The van der Waals surface area contributed by atoms with Crippen LogP contribution in [0.3, 0.4) is 0 Å². The Labute approximate surface area is 209 Å². The molecule has 1 heterocycles. The van der Waals surface area contributed by atoms with Crippen molar-refractivity contribution in [3.8, 4) is 11.4 Å². The van der Waals surface area contributed by atoms with Gasteiger partial charge in [0.05, 0.1) is 0 Å². The molecule has 34 heavy (non-hydrogen) atoms. The van der Waals surface area contributed by atoms with Crippen LogP contribution in [0.15, 0.2) is 49.3 Å². The molecule has 0 N–H and O–H groups in total. The van der Waals surface area contributed by atoms with Gasteiger partial charge in [-0.05, 0) is 61.0 Å². The highest BCUT2D eigenvalue weighted by Crippen LogP contribution is 2.41. The van der Waals surface area contributed by atoms with Crippen LogP contribution in [-0.2, 0) is 6.42 Å². The largest absolute Gasteiger partial charge is 0.236 e. The Morgan fingerprint density at radius 3 is 2.15 bits per heavy atom. The molecule has 1 aromatic carbocycles. The molecule has 1 unspecified atom stereocenters. The Morgan fingerprint density at radius 1 is 0.853 bits per heavy atom. The zero-order chi connectivity index (χ0) is 24.0. The van der Waals surface area contributed by atoms with Crippen LogP contribution in [0.1, 0.15) is 121 Å². The fourth-order valence-electron chi connectivity index (χ4n) is 5.79. The van der Waals surface area contributed by atoms with E-state index in [-0.39, 0.29) is 0 Å². The number of aromatic nitrogens is 2. The molecule has 0 radical (unpaired) electrons. The van der Waals surface area contributed by atoms with Crippen molar-refractivity contribution in [2.24, 2.45) is 11.8 Å². The van der Waals surface area contributed by atoms with E-state index in [1.54, 1.807) is 0 Å². The molecule has 1 atom stereocenters. The minimum atomic E-state index is 0.596. The van der Waals surface area contributed by atoms with Crippen molar-refractivity contribution >= 4 is 0 Å². The van der Waals surface area contributed by atoms with Crippen LogP contribution in [0.25, 0.3) is 11.4 Å². The summed E-state index contributed by atoms with van der Waals surface area (Å²) in [6, 6.07) is 9.09. The van der Waals surface area contributed by atoms with Gasteiger partial charge in [-0.25, -0.2) is 9.97 Å². The van der Waals surface area contributed by atoms with E-state index in [0.29, 0.717) is 5.92 Å². The molecule has 0 aliphatic heterocycles. The topological polar surface area (TPSA) is 25.8 Å². The van der Waals surface area contributed by atoms with Crippen molar-refractivity contribution < 1.29 is 0 Å². The van der Waals surface area contributed by atoms with E-state index in [2.05, 4.69) is 60.7 Å². The number of nitrogens with zero attached hydrogens (tertiary/aromatic N) is 2. The predicted octanol–water partition coefficient (Wildman–Crippen LogP) is 9.70. The second kappa shape index (κ2) is 15.1. The highest BCUT2D eigenvalue weighted by molar-refractivity contribution is 5.55. The van der Waals surface area contributed by atoms with Crippen LogP contribution >= 0.6 is 0 Å². The van der Waals surface area contributed by atoms with E-state index in [9.17, 15) is 0 Å². The predicted molar refractivity (Wildman–Crippen MR) is 147 cm³/mol. The lowest BCUT2D eigenvalue weighted by Crippen LogP contribution is -2.20. The summed E-state index contributed by atoms with van der Waals surface area (Å²) in [6.45, 7) is 8.64. The molecule has 0 spiro atoms. The average molecular weight is 461 g/mol. The minimum Gasteiger partial charge on any atom is -0.236 e. The van der Waals surface area contributed by atoms with E-state index in [4.69, 9.17) is 0 Å². The first-order valence-corrected chi connectivity index (χ1v) is 14.3. The van der Waals surface area contributed by atoms with Gasteiger partial charge >= 0.3 is 0 Å². The molecule has 1 aliphatic rings. The normalized spacial score (nSPS) is 19.1. The summed E-state index contributed by atoms with van der Waals surface area (Å²) in [5.41, 5.74) is 3.84. The summed E-state index contributed by atoms with van der Waals surface area (Å²) in [5.74, 6) is 3.19. The van der Waals surface area contributed by atoms with E-state index in [0.717, 1.165) is 36.1 Å². The van der Waals surface area contributed by atoms with E-state index < -0.39 is 0 Å². The molecule has 1 aliphatic carbocycles. The maximum atomic E-state index is 4.68. The third-order valence-corrected chi connectivity index (χ3v) is 7.97. The van der Waals surface area contributed by atoms with Gasteiger partial charge in [0.25, 0.3) is 0 Å². The molecule has 0 saturated heterocycles. The Balaban J connectivity index is 1.55. The van der Waals surface area contributed by atoms with Crippen LogP contribution in [0.4, 0.5) is 0 Å². The Kier molecular flexibility index (Phi) is 11.8. The lowest BCUT2D eigenvalue weighted by atomic mass is 9.71. The summed E-state index contributed by atoms with van der Waals surface area (Å²) >= 11 is 0. The summed E-state index contributed by atoms with van der Waals surface area (Å²) in [7, 11) is 0. The van der Waals surface area contributed by atoms with Crippen LogP contribution < -0.4 is 0 Å². The van der Waals surface area contributed by atoms with Gasteiger partial charge in [0.1, 0.15) is 0 Å². The number of allylic oxidation sites excluding steroid dienone is 1. The van der Waals surface area contributed by atoms with Gasteiger partial charge < -0.3 is 0 Å². The molecule has 1 saturated carbocycles. The fourth-order valence-corrected chi connectivity index (χ4v) is 5.79. The first kappa shape index (κ1) is 26.6. The number of benzene rings is 1. The Hall–Kier alpha value is -1.96. The fraction of sp³-hybridized carbons (Fsp3) is 0.625. The molecule has 2 heteroatoms. The maximum Gasteiger partial charge on any atom is 0.159 e. The molecule has 0 bridgehead atoms. The number of hydrogen-bond acceptors (Lipinski definition) is 2. The maximum absolute atomic E-state index is 4.68. The van der Waals surface area contributed by atoms with Crippen LogP contribution in [-0.4, -0.2) is 9.97 Å². The molecular formula is C32H48N2. The molecular weight excluding hydrogens is 412 g/mol. The van der Waals surface area contributed by atoms with Crippen molar-refractivity contribution in [2.75, 3.05) is 0 Å². The van der Waals surface area contributed by atoms with Crippen LogP contribution in [0, 0.1) is 11.8 Å². The van der Waals surface area contributed by atoms with Crippen molar-refractivity contribution in [2.45, 2.75) is 116 Å². The summed E-state index contributed by atoms with van der Waals surface area (Å²) in [5, 5.41) is 0. The summed E-state index contributed by atoms with van der Waals surface area (Å²) < 4.78 is 0. The van der Waals surface area contributed by atoms with Gasteiger partial charge in [0, 0.05) is 18.0 Å². The van der Waals surface area contributed by atoms with Crippen molar-refractivity contribution in [1.29, 1.82) is 0 Å². The molecule has 1 aromatic heterocycles. The van der Waals surface area contributed by atoms with E-state index in [1.807, 2.05) is 12.4 Å². The molecule has 2 aromatic rings. The first-order chi connectivity index (χ1) is 16.7. The third-order valence-electron chi connectivity index (χ3n) is 7.97. The van der Waals surface area contributed by atoms with Gasteiger partial charge in [-0.3, -0.25) is 0 Å². The van der Waals surface area contributed by atoms with E-state index >= 15 is 0 Å². The molecule has 0 amide bonds. The molecule has 2 nitrogen and oxygen atoms in total. The smallest absolute Gasteiger partial charge is 0.159 e. The Morgan fingerprint density at radius 2 is 1.50 bits per heavy atom. The highest BCUT2D eigenvalue weighted by atomic mass is 14.9. The van der Waals surface area contributed by atoms with Crippen molar-refractivity contribution in [3.05, 3.63) is 60.4 Å². The standard InChI is InChI=1S/C32H48N2/c1-4-7-9-10-12-15-27-24-33-32(34-25-27)30-22-20-29(21-23-30)31(13-6-3)28-18-16-26(17-19-28)14-11-8-5-2/h6,20-26,28,31H,3-5,7-19H2,1-2H3/t26-,28-,31?. The first-order valence-electron chi connectivity index (χ1n) is 14.3. The van der Waals surface area contributed by atoms with Crippen molar-refractivity contribution in [3.63, 3.8) is 0 Å². The van der Waals surface area contributed by atoms with Gasteiger partial charge in [0.2, 0.25) is 0 Å². The van der Waals surface area contributed by atoms with Crippen LogP contribution in [0.2, 0.25) is 0 Å². The summed E-state index contributed by atoms with van der Waals surface area (Å²) in [6.07, 6.45) is 26.0. The lowest BCUT2D eigenvalue weighted by Gasteiger charge is -2.34. The highest BCUT2D eigenvalue weighted by Gasteiger charge is 2.27. The van der Waals surface area contributed by atoms with E-state index in [1.165, 1.54) is 94.6 Å². The van der Waals surface area contributed by atoms with Crippen LogP contribution in [0.5, 0.6) is 0 Å². The molecule has 3 rings (SSSR count). The van der Waals surface area contributed by atoms with Crippen molar-refractivity contribution in [1.82, 2.24) is 9.97 Å². The van der Waals surface area contributed by atoms with Gasteiger partial charge in [-0.15, -0.1) is 6.58 Å². The number of aryl methyl sites for hydroxylation is 1. The number of hydrogen-bond donors (Lipinski definition) is 0. The number of rotatable bonds is 15. The lowest BCUT2D eigenvalue weighted by molar-refractivity contribution is 0.230.